The van der Waals surface area contributed by atoms with Gasteiger partial charge in [-0.2, -0.15) is 9.78 Å². The molecule has 11 heteroatoms. The minimum Gasteiger partial charge on any atom is -0.342 e. The highest BCUT2D eigenvalue weighted by Crippen LogP contribution is 2.28. The molecule has 1 N–H and O–H groups in total. The van der Waals surface area contributed by atoms with Crippen molar-refractivity contribution < 1.29 is 13.2 Å². The van der Waals surface area contributed by atoms with Gasteiger partial charge in [0.25, 0.3) is 11.9 Å². The van der Waals surface area contributed by atoms with Gasteiger partial charge in [-0.3, -0.25) is 4.79 Å². The van der Waals surface area contributed by atoms with Gasteiger partial charge in [-0.05, 0) is 52.0 Å². The van der Waals surface area contributed by atoms with Crippen LogP contribution in [-0.2, 0) is 9.84 Å². The van der Waals surface area contributed by atoms with Crippen LogP contribution in [0.15, 0.2) is 47.9 Å². The lowest BCUT2D eigenvalue weighted by Gasteiger charge is -2.20. The fourth-order valence-corrected chi connectivity index (χ4v) is 4.22. The second-order valence-corrected chi connectivity index (χ2v) is 10.7. The number of amides is 1. The molecule has 0 aliphatic heterocycles. The third-order valence-corrected chi connectivity index (χ3v) is 6.99. The number of carbonyl (C=O) groups excluding carboxylic acids is 1. The molecular weight excluding hydrogens is 428 g/mol. The molecule has 0 saturated heterocycles. The normalized spacial score (nSPS) is 13.1. The standard InChI is InChI=1S/C19H21ClN6O3S/c1-12(16-23-11-24-26(16)18-21-6-5-7-22-18)25-17(27)13-8-14(20)10-15(9-13)30(28,29)19(2,3)4/h5-12H,1-4H3,(H,25,27)/t12-/m1/s1. The quantitative estimate of drug-likeness (QED) is 0.637. The van der Waals surface area contributed by atoms with Crippen molar-refractivity contribution in [1.29, 1.82) is 0 Å². The number of hydrogen-bond acceptors (Lipinski definition) is 7. The number of carbonyl (C=O) groups is 1. The van der Waals surface area contributed by atoms with Crippen LogP contribution >= 0.6 is 11.6 Å². The average molecular weight is 449 g/mol. The fraction of sp³-hybridized carbons (Fsp3) is 0.316. The van der Waals surface area contributed by atoms with Crippen LogP contribution in [0, 0.1) is 0 Å². The van der Waals surface area contributed by atoms with Crippen molar-refractivity contribution in [1.82, 2.24) is 30.0 Å². The summed E-state index contributed by atoms with van der Waals surface area (Å²) < 4.78 is 25.9. The molecular formula is C19H21ClN6O3S. The predicted octanol–water partition coefficient (Wildman–Crippen LogP) is 2.77. The van der Waals surface area contributed by atoms with E-state index in [1.165, 1.54) is 29.2 Å². The molecule has 30 heavy (non-hydrogen) atoms. The molecule has 0 aliphatic carbocycles. The Hall–Kier alpha value is -2.85. The van der Waals surface area contributed by atoms with Gasteiger partial charge in [-0.1, -0.05) is 11.6 Å². The maximum atomic E-state index is 12.8. The molecule has 2 heterocycles. The molecule has 2 aromatic heterocycles. The highest BCUT2D eigenvalue weighted by Gasteiger charge is 2.32. The van der Waals surface area contributed by atoms with Crippen LogP contribution in [-0.4, -0.2) is 43.8 Å². The number of halogens is 1. The maximum Gasteiger partial charge on any atom is 0.252 e. The number of sulfone groups is 1. The molecule has 158 valence electrons. The Bertz CT molecular complexity index is 1170. The Morgan fingerprint density at radius 3 is 2.43 bits per heavy atom. The van der Waals surface area contributed by atoms with E-state index in [1.807, 2.05) is 0 Å². The molecule has 1 atom stereocenters. The van der Waals surface area contributed by atoms with Gasteiger partial charge >= 0.3 is 0 Å². The number of benzene rings is 1. The van der Waals surface area contributed by atoms with Gasteiger partial charge in [0.05, 0.1) is 15.7 Å². The van der Waals surface area contributed by atoms with Crippen LogP contribution in [0.3, 0.4) is 0 Å². The summed E-state index contributed by atoms with van der Waals surface area (Å²) in [5.41, 5.74) is 0.124. The van der Waals surface area contributed by atoms with Gasteiger partial charge in [-0.25, -0.2) is 23.4 Å². The molecule has 0 radical (unpaired) electrons. The van der Waals surface area contributed by atoms with Crippen LogP contribution in [0.2, 0.25) is 5.02 Å². The van der Waals surface area contributed by atoms with Crippen molar-refractivity contribution in [2.24, 2.45) is 0 Å². The van der Waals surface area contributed by atoms with Crippen LogP contribution in [0.4, 0.5) is 0 Å². The van der Waals surface area contributed by atoms with Gasteiger partial charge in [-0.15, -0.1) is 0 Å². The predicted molar refractivity (Wildman–Crippen MR) is 111 cm³/mol. The summed E-state index contributed by atoms with van der Waals surface area (Å²) in [7, 11) is -3.68. The summed E-state index contributed by atoms with van der Waals surface area (Å²) in [6.07, 6.45) is 4.47. The summed E-state index contributed by atoms with van der Waals surface area (Å²) >= 11 is 6.10. The minimum atomic E-state index is -3.68. The molecule has 3 aromatic rings. The van der Waals surface area contributed by atoms with Crippen molar-refractivity contribution in [3.8, 4) is 5.95 Å². The lowest BCUT2D eigenvalue weighted by atomic mass is 10.2. The molecule has 9 nitrogen and oxygen atoms in total. The Morgan fingerprint density at radius 1 is 1.13 bits per heavy atom. The van der Waals surface area contributed by atoms with Gasteiger partial charge < -0.3 is 5.32 Å². The van der Waals surface area contributed by atoms with Gasteiger partial charge in [0.2, 0.25) is 0 Å². The van der Waals surface area contributed by atoms with E-state index in [4.69, 9.17) is 11.6 Å². The first-order valence-electron chi connectivity index (χ1n) is 9.04. The van der Waals surface area contributed by atoms with Crippen molar-refractivity contribution in [2.45, 2.75) is 43.4 Å². The number of hydrogen-bond donors (Lipinski definition) is 1. The molecule has 1 amide bonds. The van der Waals surface area contributed by atoms with Gasteiger partial charge in [0, 0.05) is 23.0 Å². The van der Waals surface area contributed by atoms with Crippen LogP contribution in [0.1, 0.15) is 49.9 Å². The number of aromatic nitrogens is 5. The lowest BCUT2D eigenvalue weighted by Crippen LogP contribution is -2.30. The van der Waals surface area contributed by atoms with Crippen LogP contribution in [0.25, 0.3) is 5.95 Å². The summed E-state index contributed by atoms with van der Waals surface area (Å²) in [5, 5.41) is 7.04. The van der Waals surface area contributed by atoms with Gasteiger partial charge in [0.1, 0.15) is 6.33 Å². The Balaban J connectivity index is 1.88. The molecule has 0 aliphatic rings. The highest BCUT2D eigenvalue weighted by atomic mass is 35.5. The molecule has 0 unspecified atom stereocenters. The molecule has 0 bridgehead atoms. The average Bonchev–Trinajstić information content (AvgIpc) is 3.17. The Morgan fingerprint density at radius 2 is 1.80 bits per heavy atom. The number of nitrogens with zero attached hydrogens (tertiary/aromatic N) is 5. The zero-order chi connectivity index (χ0) is 22.1. The monoisotopic (exact) mass is 448 g/mol. The Labute approximate surface area is 179 Å². The molecule has 1 aromatic carbocycles. The van der Waals surface area contributed by atoms with Crippen LogP contribution in [0.5, 0.6) is 0 Å². The summed E-state index contributed by atoms with van der Waals surface area (Å²) in [5.74, 6) is 0.227. The molecule has 3 rings (SSSR count). The second kappa shape index (κ2) is 8.11. The summed E-state index contributed by atoms with van der Waals surface area (Å²) in [4.78, 5) is 25.2. The van der Waals surface area contributed by atoms with E-state index in [1.54, 1.807) is 46.2 Å². The van der Waals surface area contributed by atoms with E-state index in [2.05, 4.69) is 25.4 Å². The molecule has 0 fully saturated rings. The maximum absolute atomic E-state index is 12.8. The third kappa shape index (κ3) is 4.34. The topological polar surface area (TPSA) is 120 Å². The van der Waals surface area contributed by atoms with Crippen molar-refractivity contribution in [3.63, 3.8) is 0 Å². The first kappa shape index (κ1) is 21.8. The summed E-state index contributed by atoms with van der Waals surface area (Å²) in [6.45, 7) is 6.48. The van der Waals surface area contributed by atoms with E-state index in [0.717, 1.165) is 0 Å². The van der Waals surface area contributed by atoms with Crippen molar-refractivity contribution >= 4 is 27.3 Å². The van der Waals surface area contributed by atoms with E-state index in [0.29, 0.717) is 11.8 Å². The SMILES string of the molecule is C[C@@H](NC(=O)c1cc(Cl)cc(S(=O)(=O)C(C)(C)C)c1)c1ncnn1-c1ncccn1. The second-order valence-electron chi connectivity index (χ2n) is 7.57. The first-order chi connectivity index (χ1) is 14.0. The zero-order valence-electron chi connectivity index (χ0n) is 16.9. The fourth-order valence-electron chi connectivity index (χ4n) is 2.65. The highest BCUT2D eigenvalue weighted by molar-refractivity contribution is 7.92. The van der Waals surface area contributed by atoms with E-state index in [-0.39, 0.29) is 15.5 Å². The summed E-state index contributed by atoms with van der Waals surface area (Å²) in [6, 6.07) is 5.18. The van der Waals surface area contributed by atoms with E-state index >= 15 is 0 Å². The number of nitrogens with one attached hydrogen (secondary N) is 1. The molecule has 0 spiro atoms. The van der Waals surface area contributed by atoms with Crippen LogP contribution < -0.4 is 5.32 Å². The van der Waals surface area contributed by atoms with E-state index in [9.17, 15) is 13.2 Å². The molecule has 0 saturated carbocycles. The third-order valence-electron chi connectivity index (χ3n) is 4.30. The zero-order valence-corrected chi connectivity index (χ0v) is 18.4. The van der Waals surface area contributed by atoms with E-state index < -0.39 is 26.5 Å². The minimum absolute atomic E-state index is 0.0128. The van der Waals surface area contributed by atoms with Crippen molar-refractivity contribution in [3.05, 3.63) is 59.4 Å². The first-order valence-corrected chi connectivity index (χ1v) is 10.9. The largest absolute Gasteiger partial charge is 0.342 e. The Kier molecular flexibility index (Phi) is 5.91. The van der Waals surface area contributed by atoms with Crippen molar-refractivity contribution in [2.75, 3.05) is 0 Å². The smallest absolute Gasteiger partial charge is 0.252 e. The van der Waals surface area contributed by atoms with Gasteiger partial charge in [0.15, 0.2) is 15.7 Å². The number of rotatable bonds is 5. The lowest BCUT2D eigenvalue weighted by molar-refractivity contribution is 0.0937.